The minimum absolute atomic E-state index is 0. The maximum absolute atomic E-state index is 12.8. The molecule has 2 atom stereocenters. The van der Waals surface area contributed by atoms with Gasteiger partial charge in [-0.1, -0.05) is 24.1 Å². The smallest absolute Gasteiger partial charge is 0.273 e. The Hall–Kier alpha value is -2.22. The fourth-order valence-corrected chi connectivity index (χ4v) is 3.96. The van der Waals surface area contributed by atoms with Crippen LogP contribution < -0.4 is 11.1 Å². The second-order valence-electron chi connectivity index (χ2n) is 7.14. The number of rotatable bonds is 4. The Labute approximate surface area is 182 Å². The second kappa shape index (κ2) is 10.0. The number of amides is 1. The van der Waals surface area contributed by atoms with E-state index in [0.717, 1.165) is 35.9 Å². The van der Waals surface area contributed by atoms with Crippen molar-refractivity contribution < 1.29 is 4.79 Å². The van der Waals surface area contributed by atoms with Crippen molar-refractivity contribution >= 4 is 41.6 Å². The SMILES string of the molecule is Cc1c(C(=O)NC2CCCCC2CN)nnn1-c1cccc2ncccc12.Cl.Cl. The molecule has 1 fully saturated rings. The van der Waals surface area contributed by atoms with E-state index in [1.165, 1.54) is 6.42 Å². The van der Waals surface area contributed by atoms with Gasteiger partial charge in [0.25, 0.3) is 5.91 Å². The van der Waals surface area contributed by atoms with Crippen LogP contribution in [0.3, 0.4) is 0 Å². The monoisotopic (exact) mass is 436 g/mol. The van der Waals surface area contributed by atoms with Crippen LogP contribution in [0.25, 0.3) is 16.6 Å². The summed E-state index contributed by atoms with van der Waals surface area (Å²) in [6.07, 6.45) is 6.10. The lowest BCUT2D eigenvalue weighted by Crippen LogP contribution is -2.45. The minimum atomic E-state index is -0.178. The fourth-order valence-electron chi connectivity index (χ4n) is 3.96. The lowest BCUT2D eigenvalue weighted by molar-refractivity contribution is 0.0902. The molecule has 1 aromatic carbocycles. The first kappa shape index (κ1) is 23.1. The number of nitrogens with zero attached hydrogens (tertiary/aromatic N) is 4. The predicted octanol–water partition coefficient (Wildman–Crippen LogP) is 3.21. The molecule has 0 saturated heterocycles. The van der Waals surface area contributed by atoms with Gasteiger partial charge in [0.15, 0.2) is 5.69 Å². The Bertz CT molecular complexity index is 971. The number of nitrogens with two attached hydrogens (primary N) is 1. The molecular weight excluding hydrogens is 411 g/mol. The quantitative estimate of drug-likeness (QED) is 0.653. The van der Waals surface area contributed by atoms with Crippen LogP contribution in [0.2, 0.25) is 0 Å². The summed E-state index contributed by atoms with van der Waals surface area (Å²) in [5, 5.41) is 12.5. The number of fused-ring (bicyclic) bond motifs is 1. The third kappa shape index (κ3) is 4.52. The zero-order chi connectivity index (χ0) is 18.8. The molecule has 156 valence electrons. The van der Waals surface area contributed by atoms with E-state index in [1.807, 2.05) is 37.3 Å². The Morgan fingerprint density at radius 2 is 2.00 bits per heavy atom. The summed E-state index contributed by atoms with van der Waals surface area (Å²) in [7, 11) is 0. The average molecular weight is 437 g/mol. The van der Waals surface area contributed by atoms with Gasteiger partial charge in [-0.3, -0.25) is 9.78 Å². The van der Waals surface area contributed by atoms with E-state index in [4.69, 9.17) is 5.73 Å². The van der Waals surface area contributed by atoms with Gasteiger partial charge >= 0.3 is 0 Å². The molecule has 0 aliphatic heterocycles. The van der Waals surface area contributed by atoms with Gasteiger partial charge in [-0.2, -0.15) is 0 Å². The Morgan fingerprint density at radius 1 is 1.21 bits per heavy atom. The van der Waals surface area contributed by atoms with Gasteiger partial charge < -0.3 is 11.1 Å². The molecule has 2 unspecified atom stereocenters. The van der Waals surface area contributed by atoms with Gasteiger partial charge in [0.1, 0.15) is 0 Å². The highest BCUT2D eigenvalue weighted by atomic mass is 35.5. The van der Waals surface area contributed by atoms with Crippen LogP contribution >= 0.6 is 24.8 Å². The highest BCUT2D eigenvalue weighted by molar-refractivity contribution is 5.94. The zero-order valence-electron chi connectivity index (χ0n) is 16.2. The summed E-state index contributed by atoms with van der Waals surface area (Å²) in [5.41, 5.74) is 8.69. The number of benzene rings is 1. The van der Waals surface area contributed by atoms with Crippen LogP contribution in [0, 0.1) is 12.8 Å². The number of aromatic nitrogens is 4. The molecule has 0 bridgehead atoms. The third-order valence-corrected chi connectivity index (χ3v) is 5.49. The largest absolute Gasteiger partial charge is 0.348 e. The van der Waals surface area contributed by atoms with Crippen molar-refractivity contribution in [2.24, 2.45) is 11.7 Å². The molecule has 2 heterocycles. The van der Waals surface area contributed by atoms with Crippen molar-refractivity contribution in [1.29, 1.82) is 0 Å². The van der Waals surface area contributed by atoms with Gasteiger partial charge in [-0.15, -0.1) is 29.9 Å². The molecule has 29 heavy (non-hydrogen) atoms. The normalized spacial score (nSPS) is 18.6. The number of halogens is 2. The molecule has 9 heteroatoms. The topological polar surface area (TPSA) is 98.7 Å². The van der Waals surface area contributed by atoms with E-state index in [0.29, 0.717) is 23.9 Å². The molecule has 1 aliphatic rings. The van der Waals surface area contributed by atoms with E-state index in [1.54, 1.807) is 10.9 Å². The second-order valence-corrected chi connectivity index (χ2v) is 7.14. The standard InChI is InChI=1S/C20H24N6O.2ClH/c1-13-19(20(27)23-16-8-3-2-6-14(16)12-21)24-25-26(13)18-10-4-9-17-15(18)7-5-11-22-17;;/h4-5,7,9-11,14,16H,2-3,6,8,12,21H2,1H3,(H,23,27);2*1H. The number of carbonyl (C=O) groups is 1. The Morgan fingerprint density at radius 3 is 2.79 bits per heavy atom. The van der Waals surface area contributed by atoms with Gasteiger partial charge in [0.2, 0.25) is 0 Å². The maximum Gasteiger partial charge on any atom is 0.273 e. The molecule has 2 aromatic heterocycles. The summed E-state index contributed by atoms with van der Waals surface area (Å²) in [5.74, 6) is 0.157. The number of hydrogen-bond donors (Lipinski definition) is 2. The Kier molecular flexibility index (Phi) is 7.96. The highest BCUT2D eigenvalue weighted by Gasteiger charge is 2.27. The molecule has 4 rings (SSSR count). The lowest BCUT2D eigenvalue weighted by atomic mass is 9.84. The number of nitrogens with one attached hydrogen (secondary N) is 1. The summed E-state index contributed by atoms with van der Waals surface area (Å²) in [6, 6.07) is 9.84. The lowest BCUT2D eigenvalue weighted by Gasteiger charge is -2.31. The van der Waals surface area contributed by atoms with Gasteiger partial charge in [0, 0.05) is 17.6 Å². The highest BCUT2D eigenvalue weighted by Crippen LogP contribution is 2.25. The van der Waals surface area contributed by atoms with E-state index in [-0.39, 0.29) is 36.8 Å². The van der Waals surface area contributed by atoms with Crippen molar-refractivity contribution in [2.45, 2.75) is 38.6 Å². The molecule has 1 aliphatic carbocycles. The van der Waals surface area contributed by atoms with Gasteiger partial charge in [-0.05, 0) is 56.5 Å². The van der Waals surface area contributed by atoms with Crippen molar-refractivity contribution in [3.05, 3.63) is 47.9 Å². The molecule has 3 N–H and O–H groups in total. The van der Waals surface area contributed by atoms with Gasteiger partial charge in [-0.25, -0.2) is 4.68 Å². The van der Waals surface area contributed by atoms with E-state index >= 15 is 0 Å². The van der Waals surface area contributed by atoms with Crippen LogP contribution in [0.15, 0.2) is 36.5 Å². The number of carbonyl (C=O) groups excluding carboxylic acids is 1. The van der Waals surface area contributed by atoms with Crippen LogP contribution in [0.5, 0.6) is 0 Å². The zero-order valence-corrected chi connectivity index (χ0v) is 17.9. The maximum atomic E-state index is 12.8. The number of pyridine rings is 1. The predicted molar refractivity (Wildman–Crippen MR) is 118 cm³/mol. The van der Waals surface area contributed by atoms with Crippen molar-refractivity contribution in [2.75, 3.05) is 6.54 Å². The van der Waals surface area contributed by atoms with Crippen LogP contribution in [0.1, 0.15) is 41.9 Å². The van der Waals surface area contributed by atoms with Crippen LogP contribution in [-0.2, 0) is 0 Å². The van der Waals surface area contributed by atoms with E-state index in [2.05, 4.69) is 20.6 Å². The Balaban J connectivity index is 0.00000150. The molecule has 1 amide bonds. The molecule has 0 radical (unpaired) electrons. The van der Waals surface area contributed by atoms with Gasteiger partial charge in [0.05, 0.1) is 16.9 Å². The first-order valence-electron chi connectivity index (χ1n) is 9.46. The van der Waals surface area contributed by atoms with Crippen molar-refractivity contribution in [1.82, 2.24) is 25.3 Å². The summed E-state index contributed by atoms with van der Waals surface area (Å²) >= 11 is 0. The third-order valence-electron chi connectivity index (χ3n) is 5.49. The van der Waals surface area contributed by atoms with Crippen LogP contribution in [0.4, 0.5) is 0 Å². The van der Waals surface area contributed by atoms with Crippen LogP contribution in [-0.4, -0.2) is 38.5 Å². The molecular formula is C20H26Cl2N6O. The van der Waals surface area contributed by atoms with Crippen molar-refractivity contribution in [3.8, 4) is 5.69 Å². The first-order chi connectivity index (χ1) is 13.2. The molecule has 7 nitrogen and oxygen atoms in total. The molecule has 3 aromatic rings. The summed E-state index contributed by atoms with van der Waals surface area (Å²) in [4.78, 5) is 17.2. The molecule has 1 saturated carbocycles. The van der Waals surface area contributed by atoms with E-state index < -0.39 is 0 Å². The number of hydrogen-bond acceptors (Lipinski definition) is 5. The van der Waals surface area contributed by atoms with E-state index in [9.17, 15) is 4.79 Å². The minimum Gasteiger partial charge on any atom is -0.348 e. The fraction of sp³-hybridized carbons (Fsp3) is 0.400. The summed E-state index contributed by atoms with van der Waals surface area (Å²) < 4.78 is 1.71. The average Bonchev–Trinajstić information content (AvgIpc) is 3.09. The molecule has 0 spiro atoms. The first-order valence-corrected chi connectivity index (χ1v) is 9.46. The summed E-state index contributed by atoms with van der Waals surface area (Å²) in [6.45, 7) is 2.46. The van der Waals surface area contributed by atoms with Crippen molar-refractivity contribution in [3.63, 3.8) is 0 Å².